The van der Waals surface area contributed by atoms with Crippen molar-refractivity contribution in [1.82, 2.24) is 0 Å². The molecule has 0 atom stereocenters. The Labute approximate surface area is 104 Å². The number of phenolic OH excluding ortho intramolecular Hbond substituents is 4. The van der Waals surface area contributed by atoms with Gasteiger partial charge in [-0.15, -0.1) is 0 Å². The van der Waals surface area contributed by atoms with E-state index in [9.17, 15) is 28.5 Å². The van der Waals surface area contributed by atoms with Crippen molar-refractivity contribution in [1.29, 1.82) is 0 Å². The van der Waals surface area contributed by atoms with Crippen LogP contribution in [-0.2, 0) is 0 Å². The van der Waals surface area contributed by atoms with E-state index in [2.05, 4.69) is 0 Å². The van der Waals surface area contributed by atoms with Gasteiger partial charge in [-0.3, -0.25) is 0 Å². The Morgan fingerprint density at radius 3 is 1.95 bits per heavy atom. The summed E-state index contributed by atoms with van der Waals surface area (Å²) in [7, 11) is 0. The van der Waals surface area contributed by atoms with Gasteiger partial charge in [-0.1, -0.05) is 0 Å². The molecule has 19 heavy (non-hydrogen) atoms. The zero-order valence-electron chi connectivity index (χ0n) is 9.15. The Morgan fingerprint density at radius 2 is 1.32 bits per heavy atom. The molecule has 2 aromatic carbocycles. The minimum Gasteiger partial charge on any atom is -0.508 e. The van der Waals surface area contributed by atoms with Gasteiger partial charge in [0, 0.05) is 5.56 Å². The lowest BCUT2D eigenvalue weighted by Crippen LogP contribution is -1.95. The molecule has 0 saturated heterocycles. The first-order valence-corrected chi connectivity index (χ1v) is 4.95. The monoisotopic (exact) mass is 272 g/mol. The highest BCUT2D eigenvalue weighted by molar-refractivity contribution is 5.78. The number of hydrogen-bond donors (Lipinski definition) is 4. The molecule has 0 aliphatic rings. The number of phenols is 4. The maximum absolute atomic E-state index is 13.7. The average Bonchev–Trinajstić information content (AvgIpc) is 2.38. The molecule has 4 N–H and O–H groups in total. The Kier molecular flexibility index (Phi) is 2.89. The average molecular weight is 272 g/mol. The van der Waals surface area contributed by atoms with Crippen molar-refractivity contribution in [2.75, 3.05) is 0 Å². The quantitative estimate of drug-likeness (QED) is 0.475. The molecule has 0 radical (unpaired) electrons. The minimum absolute atomic E-state index is 0.407. The van der Waals surface area contributed by atoms with Gasteiger partial charge in [0.1, 0.15) is 11.5 Å². The first-order valence-electron chi connectivity index (χ1n) is 4.95. The Balaban J connectivity index is 2.87. The lowest BCUT2D eigenvalue weighted by atomic mass is 10.0. The number of hydrogen-bond acceptors (Lipinski definition) is 4. The summed E-state index contributed by atoms with van der Waals surface area (Å²) < 4.78 is 39.9. The van der Waals surface area contributed by atoms with Gasteiger partial charge in [-0.05, 0) is 18.2 Å². The highest BCUT2D eigenvalue weighted by Crippen LogP contribution is 2.44. The van der Waals surface area contributed by atoms with Gasteiger partial charge >= 0.3 is 0 Å². The summed E-state index contributed by atoms with van der Waals surface area (Å²) >= 11 is 0. The number of aromatic hydroxyl groups is 4. The molecule has 0 amide bonds. The third kappa shape index (κ3) is 1.88. The van der Waals surface area contributed by atoms with E-state index < -0.39 is 51.6 Å². The molecule has 0 heterocycles. The summed E-state index contributed by atoms with van der Waals surface area (Å²) in [4.78, 5) is 0. The fourth-order valence-corrected chi connectivity index (χ4v) is 1.61. The van der Waals surface area contributed by atoms with Crippen LogP contribution >= 0.6 is 0 Å². The summed E-state index contributed by atoms with van der Waals surface area (Å²) in [5, 5.41) is 37.2. The topological polar surface area (TPSA) is 80.9 Å². The summed E-state index contributed by atoms with van der Waals surface area (Å²) in [5.74, 6) is -9.53. The summed E-state index contributed by atoms with van der Waals surface area (Å²) in [6, 6.07) is 2.85. The summed E-state index contributed by atoms with van der Waals surface area (Å²) in [6.07, 6.45) is 0. The molecule has 0 fully saturated rings. The van der Waals surface area contributed by atoms with Crippen LogP contribution in [0.3, 0.4) is 0 Å². The van der Waals surface area contributed by atoms with Crippen LogP contribution in [0.1, 0.15) is 0 Å². The van der Waals surface area contributed by atoms with Crippen molar-refractivity contribution in [3.63, 3.8) is 0 Å². The Hall–Kier alpha value is -2.57. The zero-order valence-corrected chi connectivity index (χ0v) is 9.15. The third-order valence-corrected chi connectivity index (χ3v) is 2.52. The molecule has 4 nitrogen and oxygen atoms in total. The van der Waals surface area contributed by atoms with E-state index in [1.54, 1.807) is 0 Å². The van der Waals surface area contributed by atoms with Crippen molar-refractivity contribution in [3.8, 4) is 34.1 Å². The predicted octanol–water partition coefficient (Wildman–Crippen LogP) is 2.59. The van der Waals surface area contributed by atoms with E-state index >= 15 is 0 Å². The molecular formula is C12H7F3O4. The number of rotatable bonds is 1. The van der Waals surface area contributed by atoms with E-state index in [0.29, 0.717) is 0 Å². The SMILES string of the molecule is Oc1ccc(O)c(-c2c(O)c(F)c(F)c(O)c2F)c1. The molecule has 7 heteroatoms. The minimum atomic E-state index is -1.95. The van der Waals surface area contributed by atoms with Crippen LogP contribution in [0.5, 0.6) is 23.0 Å². The van der Waals surface area contributed by atoms with Gasteiger partial charge in [0.15, 0.2) is 17.3 Å². The lowest BCUT2D eigenvalue weighted by molar-refractivity contribution is 0.353. The maximum atomic E-state index is 13.7. The molecule has 0 spiro atoms. The lowest BCUT2D eigenvalue weighted by Gasteiger charge is -2.11. The van der Waals surface area contributed by atoms with Crippen molar-refractivity contribution < 1.29 is 33.6 Å². The molecule has 2 aromatic rings. The van der Waals surface area contributed by atoms with Crippen molar-refractivity contribution >= 4 is 0 Å². The van der Waals surface area contributed by atoms with Gasteiger partial charge in [-0.25, -0.2) is 4.39 Å². The van der Waals surface area contributed by atoms with Crippen LogP contribution in [0.15, 0.2) is 18.2 Å². The van der Waals surface area contributed by atoms with Gasteiger partial charge in [0.05, 0.1) is 5.56 Å². The standard InChI is InChI=1S/C12H7F3O4/c13-8-7(5-3-4(16)1-2-6(5)17)11(18)9(14)10(15)12(8)19/h1-3,16-19H. The van der Waals surface area contributed by atoms with Crippen LogP contribution in [-0.4, -0.2) is 20.4 Å². The number of halogens is 3. The highest BCUT2D eigenvalue weighted by atomic mass is 19.2. The van der Waals surface area contributed by atoms with Crippen LogP contribution < -0.4 is 0 Å². The van der Waals surface area contributed by atoms with E-state index in [1.807, 2.05) is 0 Å². The fourth-order valence-electron chi connectivity index (χ4n) is 1.61. The molecule has 0 saturated carbocycles. The molecule has 2 rings (SSSR count). The van der Waals surface area contributed by atoms with Crippen LogP contribution in [0, 0.1) is 17.5 Å². The molecule has 0 unspecified atom stereocenters. The second kappa shape index (κ2) is 4.27. The molecule has 0 aliphatic heterocycles. The van der Waals surface area contributed by atoms with E-state index in [1.165, 1.54) is 0 Å². The van der Waals surface area contributed by atoms with Gasteiger partial charge < -0.3 is 20.4 Å². The van der Waals surface area contributed by atoms with Crippen molar-refractivity contribution in [2.24, 2.45) is 0 Å². The van der Waals surface area contributed by atoms with Crippen molar-refractivity contribution in [2.45, 2.75) is 0 Å². The number of benzene rings is 2. The zero-order chi connectivity index (χ0) is 14.3. The van der Waals surface area contributed by atoms with E-state index in [-0.39, 0.29) is 0 Å². The van der Waals surface area contributed by atoms with Crippen LogP contribution in [0.4, 0.5) is 13.2 Å². The maximum Gasteiger partial charge on any atom is 0.207 e. The Morgan fingerprint density at radius 1 is 0.737 bits per heavy atom. The largest absolute Gasteiger partial charge is 0.508 e. The molecule has 0 aliphatic carbocycles. The molecule has 100 valence electrons. The Bertz CT molecular complexity index is 642. The molecule has 0 bridgehead atoms. The summed E-state index contributed by atoms with van der Waals surface area (Å²) in [6.45, 7) is 0. The summed E-state index contributed by atoms with van der Waals surface area (Å²) in [5.41, 5.74) is -1.45. The predicted molar refractivity (Wildman–Crippen MR) is 58.4 cm³/mol. The first-order chi connectivity index (χ1) is 8.84. The second-order valence-electron chi connectivity index (χ2n) is 3.72. The molecular weight excluding hydrogens is 265 g/mol. The van der Waals surface area contributed by atoms with Crippen LogP contribution in [0.2, 0.25) is 0 Å². The smallest absolute Gasteiger partial charge is 0.207 e. The second-order valence-corrected chi connectivity index (χ2v) is 3.72. The van der Waals surface area contributed by atoms with E-state index in [4.69, 9.17) is 5.11 Å². The van der Waals surface area contributed by atoms with Crippen LogP contribution in [0.25, 0.3) is 11.1 Å². The molecule has 0 aromatic heterocycles. The first kappa shape index (κ1) is 12.9. The van der Waals surface area contributed by atoms with Gasteiger partial charge in [-0.2, -0.15) is 8.78 Å². The fraction of sp³-hybridized carbons (Fsp3) is 0. The van der Waals surface area contributed by atoms with E-state index in [0.717, 1.165) is 18.2 Å². The van der Waals surface area contributed by atoms with Gasteiger partial charge in [0.25, 0.3) is 0 Å². The normalized spacial score (nSPS) is 10.7. The highest BCUT2D eigenvalue weighted by Gasteiger charge is 2.27. The van der Waals surface area contributed by atoms with Crippen molar-refractivity contribution in [3.05, 3.63) is 35.7 Å². The van der Waals surface area contributed by atoms with Gasteiger partial charge in [0.2, 0.25) is 11.6 Å². The third-order valence-electron chi connectivity index (χ3n) is 2.52.